The molecule has 0 spiro atoms. The van der Waals surface area contributed by atoms with Crippen molar-refractivity contribution in [2.45, 2.75) is 78.1 Å². The average molecular weight is 421 g/mol. The largest absolute Gasteiger partial charge is 0.493 e. The lowest BCUT2D eigenvalue weighted by atomic mass is 9.90. The SMILES string of the molecule is Cc1cc2oc3cc(C)c(OCC4CCCCC4)cc3c2cc1OCC1CCCCC1. The van der Waals surface area contributed by atoms with Crippen LogP contribution in [0.4, 0.5) is 0 Å². The zero-order valence-electron chi connectivity index (χ0n) is 19.2. The Bertz CT molecular complexity index is 953. The topological polar surface area (TPSA) is 31.6 Å². The third-order valence-electron chi connectivity index (χ3n) is 7.46. The quantitative estimate of drug-likeness (QED) is 0.403. The van der Waals surface area contributed by atoms with Gasteiger partial charge in [0.15, 0.2) is 0 Å². The van der Waals surface area contributed by atoms with Gasteiger partial charge in [0.05, 0.1) is 13.2 Å². The molecule has 1 aromatic heterocycles. The van der Waals surface area contributed by atoms with Crippen molar-refractivity contribution in [3.8, 4) is 11.5 Å². The van der Waals surface area contributed by atoms with Crippen molar-refractivity contribution in [1.82, 2.24) is 0 Å². The fourth-order valence-electron chi connectivity index (χ4n) is 5.47. The predicted octanol–water partition coefficient (Wildman–Crippen LogP) is 8.12. The van der Waals surface area contributed by atoms with Gasteiger partial charge in [-0.05, 0) is 86.8 Å². The molecule has 0 amide bonds. The smallest absolute Gasteiger partial charge is 0.135 e. The summed E-state index contributed by atoms with van der Waals surface area (Å²) in [5.41, 5.74) is 4.16. The fourth-order valence-corrected chi connectivity index (χ4v) is 5.47. The third kappa shape index (κ3) is 4.56. The molecule has 3 nitrogen and oxygen atoms in total. The second-order valence-corrected chi connectivity index (χ2v) is 9.96. The van der Waals surface area contributed by atoms with E-state index in [2.05, 4.69) is 38.1 Å². The van der Waals surface area contributed by atoms with Crippen LogP contribution in [-0.4, -0.2) is 13.2 Å². The van der Waals surface area contributed by atoms with E-state index in [4.69, 9.17) is 13.9 Å². The number of rotatable bonds is 6. The summed E-state index contributed by atoms with van der Waals surface area (Å²) in [5, 5.41) is 2.25. The Morgan fingerprint density at radius 1 is 0.645 bits per heavy atom. The average Bonchev–Trinajstić information content (AvgIpc) is 3.13. The lowest BCUT2D eigenvalue weighted by Gasteiger charge is -2.22. The van der Waals surface area contributed by atoms with Crippen molar-refractivity contribution in [3.05, 3.63) is 35.4 Å². The van der Waals surface area contributed by atoms with Gasteiger partial charge in [0, 0.05) is 10.8 Å². The molecule has 2 aliphatic carbocycles. The van der Waals surface area contributed by atoms with E-state index in [-0.39, 0.29) is 0 Å². The van der Waals surface area contributed by atoms with Crippen LogP contribution in [0.25, 0.3) is 21.9 Å². The minimum absolute atomic E-state index is 0.701. The molecule has 2 fully saturated rings. The van der Waals surface area contributed by atoms with E-state index in [0.717, 1.165) is 57.8 Å². The van der Waals surface area contributed by atoms with E-state index < -0.39 is 0 Å². The van der Waals surface area contributed by atoms with Crippen LogP contribution in [0, 0.1) is 25.7 Å². The van der Waals surface area contributed by atoms with Gasteiger partial charge in [-0.3, -0.25) is 0 Å². The van der Waals surface area contributed by atoms with Crippen molar-refractivity contribution in [1.29, 1.82) is 0 Å². The summed E-state index contributed by atoms with van der Waals surface area (Å²) in [7, 11) is 0. The van der Waals surface area contributed by atoms with Gasteiger partial charge in [-0.1, -0.05) is 38.5 Å². The number of hydrogen-bond donors (Lipinski definition) is 0. The zero-order chi connectivity index (χ0) is 21.2. The van der Waals surface area contributed by atoms with E-state index in [1.54, 1.807) is 0 Å². The minimum atomic E-state index is 0.701. The highest BCUT2D eigenvalue weighted by Crippen LogP contribution is 2.37. The molecular formula is C28H36O3. The molecule has 0 unspecified atom stereocenters. The van der Waals surface area contributed by atoms with E-state index in [1.807, 2.05) is 0 Å². The van der Waals surface area contributed by atoms with E-state index in [1.165, 1.54) is 64.2 Å². The van der Waals surface area contributed by atoms with E-state index >= 15 is 0 Å². The van der Waals surface area contributed by atoms with Crippen LogP contribution in [0.15, 0.2) is 28.7 Å². The van der Waals surface area contributed by atoms with E-state index in [9.17, 15) is 0 Å². The predicted molar refractivity (Wildman–Crippen MR) is 127 cm³/mol. The first kappa shape index (κ1) is 20.7. The molecule has 0 N–H and O–H groups in total. The summed E-state index contributed by atoms with van der Waals surface area (Å²) in [6.45, 7) is 5.90. The highest BCUT2D eigenvalue weighted by Gasteiger charge is 2.18. The summed E-state index contributed by atoms with van der Waals surface area (Å²) >= 11 is 0. The van der Waals surface area contributed by atoms with E-state index in [0.29, 0.717) is 11.8 Å². The standard InChI is InChI=1S/C28H36O3/c1-19-13-27-23(15-25(19)29-17-21-9-5-3-6-10-21)24-16-26(20(2)14-28(24)31-27)30-18-22-11-7-4-8-12-22/h13-16,21-22H,3-12,17-18H2,1-2H3. The van der Waals surface area contributed by atoms with Crippen LogP contribution in [0.1, 0.15) is 75.3 Å². The molecule has 166 valence electrons. The lowest BCUT2D eigenvalue weighted by molar-refractivity contribution is 0.208. The van der Waals surface area contributed by atoms with Gasteiger partial charge in [-0.2, -0.15) is 0 Å². The van der Waals surface area contributed by atoms with Gasteiger partial charge in [0.2, 0.25) is 0 Å². The molecule has 0 radical (unpaired) electrons. The van der Waals surface area contributed by atoms with Crippen molar-refractivity contribution < 1.29 is 13.9 Å². The van der Waals surface area contributed by atoms with Crippen molar-refractivity contribution in [2.24, 2.45) is 11.8 Å². The molecule has 0 saturated heterocycles. The number of benzene rings is 2. The number of ether oxygens (including phenoxy) is 2. The Morgan fingerprint density at radius 2 is 1.06 bits per heavy atom. The molecular weight excluding hydrogens is 384 g/mol. The number of furan rings is 1. The van der Waals surface area contributed by atoms with Crippen LogP contribution in [0.2, 0.25) is 0 Å². The second kappa shape index (κ2) is 9.14. The summed E-state index contributed by atoms with van der Waals surface area (Å²) < 4.78 is 18.8. The molecule has 31 heavy (non-hydrogen) atoms. The number of aryl methyl sites for hydroxylation is 2. The molecule has 2 aromatic carbocycles. The van der Waals surface area contributed by atoms with Crippen LogP contribution < -0.4 is 9.47 Å². The summed E-state index contributed by atoms with van der Waals surface area (Å²) in [6.07, 6.45) is 13.4. The maximum Gasteiger partial charge on any atom is 0.135 e. The van der Waals surface area contributed by atoms with Crippen molar-refractivity contribution in [3.63, 3.8) is 0 Å². The monoisotopic (exact) mass is 420 g/mol. The highest BCUT2D eigenvalue weighted by atomic mass is 16.5. The molecule has 2 saturated carbocycles. The Labute approximate surface area is 186 Å². The van der Waals surface area contributed by atoms with Crippen LogP contribution in [-0.2, 0) is 0 Å². The molecule has 2 aliphatic rings. The van der Waals surface area contributed by atoms with Crippen molar-refractivity contribution >= 4 is 21.9 Å². The Hall–Kier alpha value is -2.16. The summed E-state index contributed by atoms with van der Waals surface area (Å²) in [4.78, 5) is 0. The Morgan fingerprint density at radius 3 is 1.48 bits per heavy atom. The first-order valence-electron chi connectivity index (χ1n) is 12.4. The number of fused-ring (bicyclic) bond motifs is 3. The van der Waals surface area contributed by atoms with Gasteiger partial charge in [-0.15, -0.1) is 0 Å². The Balaban J connectivity index is 1.39. The molecule has 0 bridgehead atoms. The van der Waals surface area contributed by atoms with Gasteiger partial charge in [-0.25, -0.2) is 0 Å². The molecule has 5 rings (SSSR count). The molecule has 3 aromatic rings. The second-order valence-electron chi connectivity index (χ2n) is 9.96. The van der Waals surface area contributed by atoms with Gasteiger partial charge >= 0.3 is 0 Å². The Kier molecular flexibility index (Phi) is 6.11. The molecule has 1 heterocycles. The lowest BCUT2D eigenvalue weighted by Crippen LogP contribution is -2.15. The van der Waals surface area contributed by atoms with Crippen LogP contribution in [0.5, 0.6) is 11.5 Å². The van der Waals surface area contributed by atoms with Gasteiger partial charge < -0.3 is 13.9 Å². The first-order valence-corrected chi connectivity index (χ1v) is 12.4. The van der Waals surface area contributed by atoms with Gasteiger partial charge in [0.1, 0.15) is 22.7 Å². The molecule has 0 atom stereocenters. The van der Waals surface area contributed by atoms with Crippen LogP contribution >= 0.6 is 0 Å². The normalized spacial score (nSPS) is 18.6. The summed E-state index contributed by atoms with van der Waals surface area (Å²) in [6, 6.07) is 8.62. The van der Waals surface area contributed by atoms with Crippen molar-refractivity contribution in [2.75, 3.05) is 13.2 Å². The maximum absolute atomic E-state index is 6.31. The highest BCUT2D eigenvalue weighted by molar-refractivity contribution is 6.06. The first-order chi connectivity index (χ1) is 15.2. The summed E-state index contributed by atoms with van der Waals surface area (Å²) in [5.74, 6) is 3.39. The van der Waals surface area contributed by atoms with Gasteiger partial charge in [0.25, 0.3) is 0 Å². The minimum Gasteiger partial charge on any atom is -0.493 e. The third-order valence-corrected chi connectivity index (χ3v) is 7.46. The molecule has 0 aliphatic heterocycles. The zero-order valence-corrected chi connectivity index (χ0v) is 19.2. The number of hydrogen-bond acceptors (Lipinski definition) is 3. The maximum atomic E-state index is 6.31. The fraction of sp³-hybridized carbons (Fsp3) is 0.571. The molecule has 3 heteroatoms. The van der Waals surface area contributed by atoms with Crippen LogP contribution in [0.3, 0.4) is 0 Å².